The van der Waals surface area contributed by atoms with E-state index in [0.29, 0.717) is 13.1 Å². The molecule has 3 amide bonds. The molecular weight excluding hydrogens is 370 g/mol. The normalized spacial score (nSPS) is 17.9. The van der Waals surface area contributed by atoms with Crippen LogP contribution in [0.1, 0.15) is 49.1 Å². The Balaban J connectivity index is 1.46. The minimum Gasteiger partial charge on any atom is -0.453 e. The molecular formula is C21H33N5O3. The number of piperidine rings is 2. The van der Waals surface area contributed by atoms with E-state index in [9.17, 15) is 9.59 Å². The second kappa shape index (κ2) is 9.41. The standard InChI is InChI=1S/C21H33N5O3/c1-15-16(2)22-20(23-17(15)3)29-14-19(27)24(4)18-8-12-26(13-9-18)21(28)25-10-6-5-7-11-25/h18H,5-14H2,1-4H3. The van der Waals surface area contributed by atoms with Crippen LogP contribution >= 0.6 is 0 Å². The third kappa shape index (κ3) is 5.16. The first-order chi connectivity index (χ1) is 13.9. The minimum atomic E-state index is -0.0923. The lowest BCUT2D eigenvalue weighted by Gasteiger charge is -2.39. The van der Waals surface area contributed by atoms with Crippen LogP contribution in [0.15, 0.2) is 0 Å². The van der Waals surface area contributed by atoms with E-state index in [1.165, 1.54) is 6.42 Å². The third-order valence-corrected chi connectivity index (χ3v) is 6.24. The van der Waals surface area contributed by atoms with Crippen LogP contribution in [-0.2, 0) is 4.79 Å². The van der Waals surface area contributed by atoms with Gasteiger partial charge in [-0.25, -0.2) is 14.8 Å². The van der Waals surface area contributed by atoms with E-state index in [1.54, 1.807) is 4.90 Å². The van der Waals surface area contributed by atoms with Crippen LogP contribution in [0.3, 0.4) is 0 Å². The van der Waals surface area contributed by atoms with E-state index in [0.717, 1.165) is 55.7 Å². The molecule has 1 aromatic rings. The zero-order chi connectivity index (χ0) is 21.0. The average Bonchev–Trinajstić information content (AvgIpc) is 2.75. The van der Waals surface area contributed by atoms with Crippen LogP contribution in [0.25, 0.3) is 0 Å². The molecule has 0 spiro atoms. The van der Waals surface area contributed by atoms with Crippen LogP contribution < -0.4 is 4.74 Å². The number of likely N-dealkylation sites (tertiary alicyclic amines) is 2. The van der Waals surface area contributed by atoms with Gasteiger partial charge in [0.25, 0.3) is 5.91 Å². The Morgan fingerprint density at radius 2 is 1.52 bits per heavy atom. The number of rotatable bonds is 4. The Kier molecular flexibility index (Phi) is 6.92. The molecule has 0 N–H and O–H groups in total. The van der Waals surface area contributed by atoms with E-state index in [2.05, 4.69) is 9.97 Å². The number of aromatic nitrogens is 2. The summed E-state index contributed by atoms with van der Waals surface area (Å²) in [5, 5.41) is 0. The minimum absolute atomic E-state index is 0.0780. The van der Waals surface area contributed by atoms with Crippen molar-refractivity contribution in [3.8, 4) is 6.01 Å². The van der Waals surface area contributed by atoms with E-state index < -0.39 is 0 Å². The molecule has 0 saturated carbocycles. The molecule has 160 valence electrons. The first kappa shape index (κ1) is 21.3. The lowest BCUT2D eigenvalue weighted by Crippen LogP contribution is -2.52. The molecule has 1 aromatic heterocycles. The fraction of sp³-hybridized carbons (Fsp3) is 0.714. The van der Waals surface area contributed by atoms with E-state index >= 15 is 0 Å². The Hall–Kier alpha value is -2.38. The molecule has 3 rings (SSSR count). The summed E-state index contributed by atoms with van der Waals surface area (Å²) in [7, 11) is 1.81. The summed E-state index contributed by atoms with van der Waals surface area (Å²) in [5.41, 5.74) is 2.75. The maximum absolute atomic E-state index is 12.6. The molecule has 8 nitrogen and oxygen atoms in total. The summed E-state index contributed by atoms with van der Waals surface area (Å²) in [4.78, 5) is 39.5. The van der Waals surface area contributed by atoms with Gasteiger partial charge in [-0.3, -0.25) is 4.79 Å². The summed E-state index contributed by atoms with van der Waals surface area (Å²) in [6.07, 6.45) is 5.00. The number of amides is 3. The van der Waals surface area contributed by atoms with E-state index in [1.807, 2.05) is 37.6 Å². The first-order valence-corrected chi connectivity index (χ1v) is 10.6. The molecule has 2 fully saturated rings. The van der Waals surface area contributed by atoms with Gasteiger partial charge < -0.3 is 19.4 Å². The van der Waals surface area contributed by atoms with Crippen LogP contribution in [0, 0.1) is 20.8 Å². The van der Waals surface area contributed by atoms with Crippen molar-refractivity contribution in [3.05, 3.63) is 17.0 Å². The van der Waals surface area contributed by atoms with Crippen molar-refractivity contribution >= 4 is 11.9 Å². The Labute approximate surface area is 173 Å². The number of aryl methyl sites for hydroxylation is 2. The zero-order valence-corrected chi connectivity index (χ0v) is 18.1. The summed E-state index contributed by atoms with van der Waals surface area (Å²) in [6, 6.07) is 0.524. The van der Waals surface area contributed by atoms with E-state index in [4.69, 9.17) is 4.74 Å². The number of carbonyl (C=O) groups is 2. The molecule has 0 radical (unpaired) electrons. The summed E-state index contributed by atoms with van der Waals surface area (Å²) >= 11 is 0. The molecule has 3 heterocycles. The summed E-state index contributed by atoms with van der Waals surface area (Å²) in [6.45, 7) is 8.83. The fourth-order valence-corrected chi connectivity index (χ4v) is 3.97. The summed E-state index contributed by atoms with van der Waals surface area (Å²) in [5.74, 6) is -0.0923. The monoisotopic (exact) mass is 403 g/mol. The van der Waals surface area contributed by atoms with Crippen molar-refractivity contribution in [2.24, 2.45) is 0 Å². The van der Waals surface area contributed by atoms with Crippen molar-refractivity contribution in [1.82, 2.24) is 24.7 Å². The van der Waals surface area contributed by atoms with Gasteiger partial charge in [-0.2, -0.15) is 0 Å². The van der Waals surface area contributed by atoms with Crippen molar-refractivity contribution in [2.45, 2.75) is 58.9 Å². The quantitative estimate of drug-likeness (QED) is 0.771. The number of nitrogens with zero attached hydrogens (tertiary/aromatic N) is 5. The average molecular weight is 404 g/mol. The second-order valence-electron chi connectivity index (χ2n) is 8.14. The Morgan fingerprint density at radius 3 is 2.10 bits per heavy atom. The maximum Gasteiger partial charge on any atom is 0.319 e. The molecule has 0 aromatic carbocycles. The zero-order valence-electron chi connectivity index (χ0n) is 18.1. The molecule has 2 saturated heterocycles. The number of hydrogen-bond donors (Lipinski definition) is 0. The molecule has 2 aliphatic rings. The van der Waals surface area contributed by atoms with Gasteiger partial charge in [0.05, 0.1) is 0 Å². The smallest absolute Gasteiger partial charge is 0.319 e. The van der Waals surface area contributed by atoms with Crippen LogP contribution in [-0.4, -0.2) is 82.5 Å². The molecule has 0 unspecified atom stereocenters. The van der Waals surface area contributed by atoms with Gasteiger partial charge in [-0.05, 0) is 58.4 Å². The topological polar surface area (TPSA) is 78.9 Å². The van der Waals surface area contributed by atoms with Crippen molar-refractivity contribution < 1.29 is 14.3 Å². The number of ether oxygens (including phenoxy) is 1. The molecule has 0 aliphatic carbocycles. The maximum atomic E-state index is 12.6. The number of carbonyl (C=O) groups excluding carboxylic acids is 2. The lowest BCUT2D eigenvalue weighted by molar-refractivity contribution is -0.135. The summed E-state index contributed by atoms with van der Waals surface area (Å²) < 4.78 is 5.55. The van der Waals surface area contributed by atoms with Gasteiger partial charge in [0.1, 0.15) is 0 Å². The molecule has 29 heavy (non-hydrogen) atoms. The highest BCUT2D eigenvalue weighted by atomic mass is 16.5. The second-order valence-corrected chi connectivity index (χ2v) is 8.14. The molecule has 8 heteroatoms. The van der Waals surface area contributed by atoms with Crippen LogP contribution in [0.4, 0.5) is 4.79 Å². The van der Waals surface area contributed by atoms with Gasteiger partial charge in [-0.1, -0.05) is 0 Å². The van der Waals surface area contributed by atoms with Gasteiger partial charge in [-0.15, -0.1) is 0 Å². The van der Waals surface area contributed by atoms with E-state index in [-0.39, 0.29) is 30.6 Å². The van der Waals surface area contributed by atoms with Gasteiger partial charge >= 0.3 is 12.0 Å². The highest BCUT2D eigenvalue weighted by Gasteiger charge is 2.30. The van der Waals surface area contributed by atoms with Crippen molar-refractivity contribution in [3.63, 3.8) is 0 Å². The number of likely N-dealkylation sites (N-methyl/N-ethyl adjacent to an activating group) is 1. The predicted molar refractivity (Wildman–Crippen MR) is 110 cm³/mol. The van der Waals surface area contributed by atoms with Gasteiger partial charge in [0.15, 0.2) is 6.61 Å². The molecule has 0 atom stereocenters. The fourth-order valence-electron chi connectivity index (χ4n) is 3.97. The number of hydrogen-bond acceptors (Lipinski definition) is 5. The highest BCUT2D eigenvalue weighted by molar-refractivity contribution is 5.78. The number of urea groups is 1. The molecule has 2 aliphatic heterocycles. The van der Waals surface area contributed by atoms with Crippen molar-refractivity contribution in [1.29, 1.82) is 0 Å². The van der Waals surface area contributed by atoms with Crippen molar-refractivity contribution in [2.75, 3.05) is 39.8 Å². The van der Waals surface area contributed by atoms with Gasteiger partial charge in [0.2, 0.25) is 0 Å². The third-order valence-electron chi connectivity index (χ3n) is 6.24. The largest absolute Gasteiger partial charge is 0.453 e. The first-order valence-electron chi connectivity index (χ1n) is 10.6. The Morgan fingerprint density at radius 1 is 0.966 bits per heavy atom. The van der Waals surface area contributed by atoms with Crippen LogP contribution in [0.2, 0.25) is 0 Å². The predicted octanol–water partition coefficient (Wildman–Crippen LogP) is 2.31. The lowest BCUT2D eigenvalue weighted by atomic mass is 10.0. The molecule has 0 bridgehead atoms. The SMILES string of the molecule is Cc1nc(OCC(=O)N(C)C2CCN(C(=O)N3CCCCC3)CC2)nc(C)c1C. The van der Waals surface area contributed by atoms with Gasteiger partial charge in [0, 0.05) is 50.7 Å². The Bertz CT molecular complexity index is 717. The van der Waals surface area contributed by atoms with Crippen LogP contribution in [0.5, 0.6) is 6.01 Å². The highest BCUT2D eigenvalue weighted by Crippen LogP contribution is 2.19.